The second-order valence-electron chi connectivity index (χ2n) is 4.39. The van der Waals surface area contributed by atoms with Gasteiger partial charge in [0.1, 0.15) is 0 Å². The van der Waals surface area contributed by atoms with Crippen molar-refractivity contribution in [2.45, 2.75) is 19.3 Å². The fraction of sp³-hybridized carbons (Fsp3) is 0.500. The molecule has 96 valence electrons. The molecule has 2 heterocycles. The summed E-state index contributed by atoms with van der Waals surface area (Å²) in [6.07, 6.45) is 3.92. The zero-order valence-corrected chi connectivity index (χ0v) is 11.3. The second-order valence-corrected chi connectivity index (χ2v) is 5.17. The summed E-state index contributed by atoms with van der Waals surface area (Å²) in [5.41, 5.74) is 0.720. The number of likely N-dealkylation sites (tertiary alicyclic amines) is 1. The quantitative estimate of drug-likeness (QED) is 0.845. The Kier molecular flexibility index (Phi) is 5.25. The Bertz CT molecular complexity index is 424. The molecule has 1 saturated heterocycles. The highest BCUT2D eigenvalue weighted by Gasteiger charge is 2.07. The number of hydrogen-bond donors (Lipinski definition) is 1. The summed E-state index contributed by atoms with van der Waals surface area (Å²) in [4.78, 5) is 14.0. The smallest absolute Gasteiger partial charge is 0.252 e. The fourth-order valence-corrected chi connectivity index (χ4v) is 2.60. The number of rotatable bonds is 3. The van der Waals surface area contributed by atoms with Gasteiger partial charge in [0.25, 0.3) is 5.91 Å². The van der Waals surface area contributed by atoms with Gasteiger partial charge >= 0.3 is 0 Å². The Morgan fingerprint density at radius 2 is 2.17 bits per heavy atom. The fourth-order valence-electron chi connectivity index (χ4n) is 1.97. The first-order chi connectivity index (χ1) is 8.86. The number of thiophene rings is 1. The number of carbonyl (C=O) groups excluding carboxylic acids is 1. The van der Waals surface area contributed by atoms with E-state index in [0.717, 1.165) is 25.2 Å². The zero-order chi connectivity index (χ0) is 12.6. The van der Waals surface area contributed by atoms with Gasteiger partial charge in [-0.3, -0.25) is 9.69 Å². The normalized spacial score (nSPS) is 15.8. The monoisotopic (exact) mass is 262 g/mol. The van der Waals surface area contributed by atoms with Crippen molar-refractivity contribution in [2.75, 3.05) is 26.2 Å². The van der Waals surface area contributed by atoms with Crippen LogP contribution < -0.4 is 5.32 Å². The summed E-state index contributed by atoms with van der Waals surface area (Å²) in [5, 5.41) is 6.54. The molecule has 0 spiro atoms. The van der Waals surface area contributed by atoms with E-state index >= 15 is 0 Å². The molecule has 0 aromatic carbocycles. The molecule has 0 aliphatic carbocycles. The van der Waals surface area contributed by atoms with Gasteiger partial charge < -0.3 is 5.32 Å². The number of amides is 1. The maximum Gasteiger partial charge on any atom is 0.252 e. The van der Waals surface area contributed by atoms with E-state index in [-0.39, 0.29) is 5.91 Å². The van der Waals surface area contributed by atoms with Gasteiger partial charge in [0.15, 0.2) is 0 Å². The molecular formula is C14H18N2OS. The molecule has 0 atom stereocenters. The molecule has 0 bridgehead atoms. The Hall–Kier alpha value is -1.31. The maximum absolute atomic E-state index is 11.6. The molecule has 18 heavy (non-hydrogen) atoms. The van der Waals surface area contributed by atoms with Crippen LogP contribution in [0.15, 0.2) is 16.8 Å². The van der Waals surface area contributed by atoms with E-state index in [0.29, 0.717) is 6.54 Å². The molecule has 0 radical (unpaired) electrons. The molecule has 2 rings (SSSR count). The highest BCUT2D eigenvalue weighted by Crippen LogP contribution is 2.07. The van der Waals surface area contributed by atoms with Crippen LogP contribution in [0.3, 0.4) is 0 Å². The molecule has 1 aromatic rings. The van der Waals surface area contributed by atoms with Gasteiger partial charge in [0.05, 0.1) is 18.7 Å². The third-order valence-corrected chi connectivity index (χ3v) is 3.68. The van der Waals surface area contributed by atoms with Crippen molar-refractivity contribution in [1.82, 2.24) is 10.2 Å². The minimum absolute atomic E-state index is 0.0384. The van der Waals surface area contributed by atoms with E-state index in [9.17, 15) is 4.79 Å². The van der Waals surface area contributed by atoms with Crippen molar-refractivity contribution in [3.63, 3.8) is 0 Å². The van der Waals surface area contributed by atoms with E-state index < -0.39 is 0 Å². The summed E-state index contributed by atoms with van der Waals surface area (Å²) >= 11 is 1.53. The first kappa shape index (κ1) is 13.1. The number of hydrogen-bond acceptors (Lipinski definition) is 3. The summed E-state index contributed by atoms with van der Waals surface area (Å²) in [6.45, 7) is 3.59. The van der Waals surface area contributed by atoms with Crippen molar-refractivity contribution in [1.29, 1.82) is 0 Å². The summed E-state index contributed by atoms with van der Waals surface area (Å²) in [6, 6.07) is 1.82. The molecule has 1 aromatic heterocycles. The average molecular weight is 262 g/mol. The summed E-state index contributed by atoms with van der Waals surface area (Å²) in [7, 11) is 0. The minimum Gasteiger partial charge on any atom is -0.341 e. The Morgan fingerprint density at radius 1 is 1.33 bits per heavy atom. The number of nitrogens with one attached hydrogen (secondary N) is 1. The lowest BCUT2D eigenvalue weighted by molar-refractivity contribution is 0.0959. The van der Waals surface area contributed by atoms with Crippen molar-refractivity contribution in [2.24, 2.45) is 0 Å². The molecule has 1 N–H and O–H groups in total. The Morgan fingerprint density at radius 3 is 2.89 bits per heavy atom. The average Bonchev–Trinajstić information content (AvgIpc) is 2.93. The number of piperidine rings is 1. The predicted molar refractivity (Wildman–Crippen MR) is 74.7 cm³/mol. The van der Waals surface area contributed by atoms with Crippen molar-refractivity contribution < 1.29 is 4.79 Å². The van der Waals surface area contributed by atoms with Gasteiger partial charge in [0.2, 0.25) is 0 Å². The van der Waals surface area contributed by atoms with Gasteiger partial charge in [-0.2, -0.15) is 11.3 Å². The van der Waals surface area contributed by atoms with E-state index in [1.807, 2.05) is 16.8 Å². The van der Waals surface area contributed by atoms with Gasteiger partial charge in [-0.15, -0.1) is 0 Å². The highest BCUT2D eigenvalue weighted by atomic mass is 32.1. The van der Waals surface area contributed by atoms with Crippen LogP contribution in [-0.2, 0) is 0 Å². The zero-order valence-electron chi connectivity index (χ0n) is 10.4. The highest BCUT2D eigenvalue weighted by molar-refractivity contribution is 7.08. The molecule has 1 aliphatic rings. The van der Waals surface area contributed by atoms with Crippen LogP contribution in [0.2, 0.25) is 0 Å². The molecule has 0 saturated carbocycles. The van der Waals surface area contributed by atoms with Gasteiger partial charge in [-0.25, -0.2) is 0 Å². The molecule has 4 heteroatoms. The van der Waals surface area contributed by atoms with Crippen LogP contribution in [-0.4, -0.2) is 37.0 Å². The minimum atomic E-state index is -0.0384. The van der Waals surface area contributed by atoms with E-state index in [2.05, 4.69) is 22.1 Å². The van der Waals surface area contributed by atoms with E-state index in [4.69, 9.17) is 0 Å². The predicted octanol–water partition coefficient (Wildman–Crippen LogP) is 1.97. The lowest BCUT2D eigenvalue weighted by Crippen LogP contribution is -2.30. The van der Waals surface area contributed by atoms with Crippen LogP contribution in [0.25, 0.3) is 0 Å². The largest absolute Gasteiger partial charge is 0.341 e. The molecule has 3 nitrogen and oxygen atoms in total. The van der Waals surface area contributed by atoms with Crippen LogP contribution in [0.4, 0.5) is 0 Å². The van der Waals surface area contributed by atoms with Crippen LogP contribution in [0.1, 0.15) is 29.6 Å². The van der Waals surface area contributed by atoms with Crippen molar-refractivity contribution in [3.05, 3.63) is 22.4 Å². The third kappa shape index (κ3) is 4.17. The third-order valence-electron chi connectivity index (χ3n) is 3.00. The summed E-state index contributed by atoms with van der Waals surface area (Å²) in [5.74, 6) is 6.09. The lowest BCUT2D eigenvalue weighted by atomic mass is 10.1. The molecule has 1 amide bonds. The van der Waals surface area contributed by atoms with Crippen molar-refractivity contribution >= 4 is 17.2 Å². The maximum atomic E-state index is 11.6. The second kappa shape index (κ2) is 7.20. The molecule has 1 fully saturated rings. The molecule has 0 unspecified atom stereocenters. The Labute approximate surface area is 112 Å². The molecular weight excluding hydrogens is 244 g/mol. The summed E-state index contributed by atoms with van der Waals surface area (Å²) < 4.78 is 0. The standard InChI is InChI=1S/C14H18N2OS/c17-14(13-6-11-18-12-13)15-7-2-5-10-16-8-3-1-4-9-16/h6,11-12H,1,3-4,7-10H2,(H,15,17). The van der Waals surface area contributed by atoms with Gasteiger partial charge in [-0.05, 0) is 37.4 Å². The topological polar surface area (TPSA) is 32.3 Å². The van der Waals surface area contributed by atoms with Crippen LogP contribution in [0, 0.1) is 11.8 Å². The van der Waals surface area contributed by atoms with Gasteiger partial charge in [-0.1, -0.05) is 18.3 Å². The SMILES string of the molecule is O=C(NCC#CCN1CCCCC1)c1ccsc1. The molecule has 1 aliphatic heterocycles. The lowest BCUT2D eigenvalue weighted by Gasteiger charge is -2.23. The first-order valence-corrected chi connectivity index (χ1v) is 7.29. The Balaban J connectivity index is 1.64. The number of carbonyl (C=O) groups is 1. The van der Waals surface area contributed by atoms with Crippen molar-refractivity contribution in [3.8, 4) is 11.8 Å². The first-order valence-electron chi connectivity index (χ1n) is 6.35. The van der Waals surface area contributed by atoms with E-state index in [1.54, 1.807) is 0 Å². The van der Waals surface area contributed by atoms with Crippen LogP contribution in [0.5, 0.6) is 0 Å². The van der Waals surface area contributed by atoms with Crippen LogP contribution >= 0.6 is 11.3 Å². The number of nitrogens with zero attached hydrogens (tertiary/aromatic N) is 1. The van der Waals surface area contributed by atoms with E-state index in [1.165, 1.54) is 30.6 Å². The van der Waals surface area contributed by atoms with Gasteiger partial charge in [0, 0.05) is 5.38 Å².